The molecule has 0 N–H and O–H groups in total. The summed E-state index contributed by atoms with van der Waals surface area (Å²) in [6.07, 6.45) is 3.41. The number of nitriles is 1. The van der Waals surface area contributed by atoms with E-state index in [1.807, 2.05) is 42.5 Å². The van der Waals surface area contributed by atoms with Crippen LogP contribution in [-0.2, 0) is 0 Å². The van der Waals surface area contributed by atoms with Crippen molar-refractivity contribution in [3.63, 3.8) is 0 Å². The number of furan rings is 1. The van der Waals surface area contributed by atoms with Gasteiger partial charge in [-0.05, 0) is 0 Å². The van der Waals surface area contributed by atoms with Crippen LogP contribution in [0.4, 0.5) is 0 Å². The summed E-state index contributed by atoms with van der Waals surface area (Å²) in [5.41, 5.74) is 0. The Morgan fingerprint density at radius 1 is 1.19 bits per heavy atom. The first kappa shape index (κ1) is 10.8. The summed E-state index contributed by atoms with van der Waals surface area (Å²) in [5, 5.41) is 9.04. The Morgan fingerprint density at radius 2 is 2.00 bits per heavy atom. The molecule has 0 atom stereocenters. The van der Waals surface area contributed by atoms with E-state index >= 15 is 0 Å². The molecule has 16 heavy (non-hydrogen) atoms. The summed E-state index contributed by atoms with van der Waals surface area (Å²) < 4.78 is 7.13. The second kappa shape index (κ2) is 5.37. The van der Waals surface area contributed by atoms with E-state index < -0.39 is 0 Å². The third-order valence-electron chi connectivity index (χ3n) is 1.90. The Hall–Kier alpha value is -1.75. The molecule has 0 bridgehead atoms. The Morgan fingerprint density at radius 3 is 2.62 bits per heavy atom. The molecule has 0 radical (unpaired) electrons. The zero-order valence-electron chi connectivity index (χ0n) is 8.46. The predicted octanol–water partition coefficient (Wildman–Crippen LogP) is 2.17. The summed E-state index contributed by atoms with van der Waals surface area (Å²) in [7, 11) is 0. The maximum absolute atomic E-state index is 9.04. The number of nitrogens with zero attached hydrogens (tertiary/aromatic N) is 1. The van der Waals surface area contributed by atoms with Gasteiger partial charge in [0.15, 0.2) is 0 Å². The molecule has 0 aliphatic carbocycles. The third kappa shape index (κ3) is 2.87. The number of hydrogen-bond donors (Lipinski definition) is 0. The van der Waals surface area contributed by atoms with Gasteiger partial charge in [0, 0.05) is 0 Å². The molecular weight excluding hydrogens is 265 g/mol. The second-order valence-corrected chi connectivity index (χ2v) is 5.39. The van der Waals surface area contributed by atoms with E-state index in [-0.39, 0.29) is 15.0 Å². The van der Waals surface area contributed by atoms with E-state index in [1.54, 1.807) is 12.3 Å². The first-order chi connectivity index (χ1) is 7.88. The van der Waals surface area contributed by atoms with Crippen LogP contribution in [0.25, 0.3) is 6.08 Å². The molecule has 2 rings (SSSR count). The van der Waals surface area contributed by atoms with Crippen LogP contribution < -0.4 is 4.46 Å². The number of hydrogen-bond acceptors (Lipinski definition) is 2. The summed E-state index contributed by atoms with van der Waals surface area (Å²) in [6.45, 7) is 0. The van der Waals surface area contributed by atoms with Crippen molar-refractivity contribution in [3.05, 3.63) is 59.0 Å². The molecule has 1 heterocycles. The average Bonchev–Trinajstić information content (AvgIpc) is 2.82. The first-order valence-electron chi connectivity index (χ1n) is 4.77. The zero-order chi connectivity index (χ0) is 11.2. The Kier molecular flexibility index (Phi) is 3.61. The molecule has 0 aliphatic heterocycles. The molecule has 0 aliphatic rings. The molecule has 0 saturated carbocycles. The molecule has 2 nitrogen and oxygen atoms in total. The standard InChI is InChI=1S/C13H9NOSe/c14-10-13(9-11-5-4-8-15-11)16-12-6-2-1-3-7-12/h1-9H/b13-9-. The molecule has 1 aromatic heterocycles. The van der Waals surface area contributed by atoms with Crippen molar-refractivity contribution in [1.82, 2.24) is 0 Å². The summed E-state index contributed by atoms with van der Waals surface area (Å²) in [4.78, 5) is 0. The van der Waals surface area contributed by atoms with Gasteiger partial charge in [-0.2, -0.15) is 0 Å². The molecule has 78 valence electrons. The summed E-state index contributed by atoms with van der Waals surface area (Å²) in [6, 6.07) is 15.9. The molecular formula is C13H9NOSe. The number of rotatable bonds is 3. The van der Waals surface area contributed by atoms with E-state index in [2.05, 4.69) is 6.07 Å². The van der Waals surface area contributed by atoms with E-state index in [4.69, 9.17) is 9.68 Å². The van der Waals surface area contributed by atoms with E-state index in [0.29, 0.717) is 0 Å². The van der Waals surface area contributed by atoms with Crippen LogP contribution in [-0.4, -0.2) is 15.0 Å². The summed E-state index contributed by atoms with van der Waals surface area (Å²) >= 11 is 0.0444. The molecule has 0 unspecified atom stereocenters. The fourth-order valence-corrected chi connectivity index (χ4v) is 2.81. The molecule has 2 aromatic rings. The van der Waals surface area contributed by atoms with Crippen molar-refractivity contribution in [3.8, 4) is 6.07 Å². The number of benzene rings is 1. The van der Waals surface area contributed by atoms with E-state index in [1.165, 1.54) is 4.46 Å². The van der Waals surface area contributed by atoms with Crippen LogP contribution >= 0.6 is 0 Å². The molecule has 1 aromatic carbocycles. The van der Waals surface area contributed by atoms with Gasteiger partial charge in [0.05, 0.1) is 0 Å². The molecule has 0 spiro atoms. The van der Waals surface area contributed by atoms with Crippen molar-refractivity contribution in [2.45, 2.75) is 0 Å². The van der Waals surface area contributed by atoms with Crippen molar-refractivity contribution in [2.24, 2.45) is 0 Å². The second-order valence-electron chi connectivity index (χ2n) is 3.05. The minimum atomic E-state index is 0.0444. The van der Waals surface area contributed by atoms with Crippen LogP contribution in [0.2, 0.25) is 0 Å². The maximum atomic E-state index is 9.04. The summed E-state index contributed by atoms with van der Waals surface area (Å²) in [5.74, 6) is 0.731. The van der Waals surface area contributed by atoms with Gasteiger partial charge < -0.3 is 0 Å². The zero-order valence-corrected chi connectivity index (χ0v) is 10.2. The van der Waals surface area contributed by atoms with Crippen molar-refractivity contribution in [1.29, 1.82) is 5.26 Å². The van der Waals surface area contributed by atoms with Gasteiger partial charge in [-0.25, -0.2) is 0 Å². The minimum absolute atomic E-state index is 0.0444. The van der Waals surface area contributed by atoms with Crippen LogP contribution in [0, 0.1) is 11.3 Å². The van der Waals surface area contributed by atoms with Crippen LogP contribution in [0.5, 0.6) is 0 Å². The fourth-order valence-electron chi connectivity index (χ4n) is 1.20. The van der Waals surface area contributed by atoms with Gasteiger partial charge in [-0.15, -0.1) is 0 Å². The van der Waals surface area contributed by atoms with E-state index in [0.717, 1.165) is 10.2 Å². The fraction of sp³-hybridized carbons (Fsp3) is 0. The molecule has 3 heteroatoms. The monoisotopic (exact) mass is 275 g/mol. The van der Waals surface area contributed by atoms with Gasteiger partial charge in [-0.1, -0.05) is 0 Å². The topological polar surface area (TPSA) is 36.9 Å². The Balaban J connectivity index is 2.17. The Bertz CT molecular complexity index is 509. The number of allylic oxidation sites excluding steroid dienone is 1. The third-order valence-corrected chi connectivity index (χ3v) is 3.86. The normalized spacial score (nSPS) is 11.1. The van der Waals surface area contributed by atoms with Gasteiger partial charge in [0.1, 0.15) is 0 Å². The van der Waals surface area contributed by atoms with Crippen molar-refractivity contribution >= 4 is 25.5 Å². The quantitative estimate of drug-likeness (QED) is 0.635. The van der Waals surface area contributed by atoms with Crippen LogP contribution in [0.1, 0.15) is 5.76 Å². The van der Waals surface area contributed by atoms with Crippen LogP contribution in [0.3, 0.4) is 0 Å². The van der Waals surface area contributed by atoms with Crippen molar-refractivity contribution in [2.75, 3.05) is 0 Å². The average molecular weight is 274 g/mol. The molecule has 0 saturated heterocycles. The first-order valence-corrected chi connectivity index (χ1v) is 6.48. The van der Waals surface area contributed by atoms with E-state index in [9.17, 15) is 0 Å². The van der Waals surface area contributed by atoms with Gasteiger partial charge >= 0.3 is 100 Å². The van der Waals surface area contributed by atoms with Crippen molar-refractivity contribution < 1.29 is 4.42 Å². The molecule has 0 amide bonds. The SMILES string of the molecule is N#C/C(=C/c1ccco1)[Se]c1ccccc1. The van der Waals surface area contributed by atoms with Gasteiger partial charge in [0.2, 0.25) is 0 Å². The van der Waals surface area contributed by atoms with Crippen LogP contribution in [0.15, 0.2) is 57.6 Å². The van der Waals surface area contributed by atoms with Gasteiger partial charge in [-0.3, -0.25) is 0 Å². The predicted molar refractivity (Wildman–Crippen MR) is 64.1 cm³/mol. The Labute approximate surface area is 100 Å². The van der Waals surface area contributed by atoms with Gasteiger partial charge in [0.25, 0.3) is 0 Å². The molecule has 0 fully saturated rings.